The van der Waals surface area contributed by atoms with E-state index >= 15 is 0 Å². The van der Waals surface area contributed by atoms with Gasteiger partial charge in [-0.3, -0.25) is 4.79 Å². The van der Waals surface area contributed by atoms with E-state index in [1.54, 1.807) is 13.8 Å². The summed E-state index contributed by atoms with van der Waals surface area (Å²) >= 11 is 1.18. The summed E-state index contributed by atoms with van der Waals surface area (Å²) in [6.07, 6.45) is 1.49. The molecule has 6 nitrogen and oxygen atoms in total. The van der Waals surface area contributed by atoms with Gasteiger partial charge in [0.1, 0.15) is 6.61 Å². The number of dihydropyridines is 1. The predicted octanol–water partition coefficient (Wildman–Crippen LogP) is 3.41. The van der Waals surface area contributed by atoms with Crippen LogP contribution in [0.15, 0.2) is 64.9 Å². The zero-order valence-corrected chi connectivity index (χ0v) is 16.7. The first-order chi connectivity index (χ1) is 13.5. The lowest BCUT2D eigenvalue weighted by Gasteiger charge is -2.29. The van der Waals surface area contributed by atoms with Crippen LogP contribution in [0.1, 0.15) is 25.3 Å². The van der Waals surface area contributed by atoms with Crippen molar-refractivity contribution in [1.82, 2.24) is 5.32 Å². The Labute approximate surface area is 168 Å². The summed E-state index contributed by atoms with van der Waals surface area (Å²) in [7, 11) is 0. The smallest absolute Gasteiger partial charge is 0.337 e. The number of nitriles is 1. The van der Waals surface area contributed by atoms with Crippen LogP contribution in [0, 0.1) is 11.3 Å². The minimum absolute atomic E-state index is 0.0619. The van der Waals surface area contributed by atoms with Crippen LogP contribution >= 0.6 is 11.8 Å². The maximum absolute atomic E-state index is 12.7. The van der Waals surface area contributed by atoms with Gasteiger partial charge in [0.05, 0.1) is 40.5 Å². The Balaban J connectivity index is 2.45. The number of carbonyl (C=O) groups excluding carboxylic acids is 2. The number of carbonyl (C=O) groups is 2. The van der Waals surface area contributed by atoms with Crippen LogP contribution < -0.4 is 5.32 Å². The van der Waals surface area contributed by atoms with Gasteiger partial charge in [0, 0.05) is 5.70 Å². The quantitative estimate of drug-likeness (QED) is 0.530. The average Bonchev–Trinajstić information content (AvgIpc) is 2.70. The van der Waals surface area contributed by atoms with E-state index < -0.39 is 11.9 Å². The molecule has 1 aliphatic rings. The van der Waals surface area contributed by atoms with E-state index in [4.69, 9.17) is 9.47 Å². The van der Waals surface area contributed by atoms with Gasteiger partial charge in [-0.25, -0.2) is 4.79 Å². The van der Waals surface area contributed by atoms with Crippen LogP contribution in [0.4, 0.5) is 0 Å². The number of hydrogen-bond donors (Lipinski definition) is 1. The molecule has 0 fully saturated rings. The second kappa shape index (κ2) is 10.4. The van der Waals surface area contributed by atoms with Gasteiger partial charge in [0.25, 0.3) is 0 Å². The van der Waals surface area contributed by atoms with Crippen molar-refractivity contribution in [2.75, 3.05) is 19.0 Å². The summed E-state index contributed by atoms with van der Waals surface area (Å²) in [5.41, 5.74) is 2.09. The molecule has 0 aliphatic carbocycles. The number of thioether (sulfide) groups is 1. The Morgan fingerprint density at radius 3 is 2.64 bits per heavy atom. The minimum atomic E-state index is -0.588. The Hall–Kier alpha value is -2.98. The molecule has 0 aromatic heterocycles. The van der Waals surface area contributed by atoms with E-state index in [0.717, 1.165) is 5.56 Å². The molecule has 1 aromatic rings. The normalized spacial score (nSPS) is 16.1. The molecule has 1 heterocycles. The van der Waals surface area contributed by atoms with Crippen molar-refractivity contribution in [3.8, 4) is 6.07 Å². The van der Waals surface area contributed by atoms with E-state index in [9.17, 15) is 14.9 Å². The predicted molar refractivity (Wildman–Crippen MR) is 108 cm³/mol. The maximum atomic E-state index is 12.7. The molecule has 146 valence electrons. The number of hydrogen-bond acceptors (Lipinski definition) is 7. The molecule has 1 aromatic carbocycles. The molecule has 0 amide bonds. The van der Waals surface area contributed by atoms with Crippen molar-refractivity contribution in [2.24, 2.45) is 0 Å². The SMILES string of the molecule is C=CCOC(=O)C1=C(C)NC(SCC(=O)OCC)=C(C#N)C1c1ccccc1. The minimum Gasteiger partial charge on any atom is -0.465 e. The maximum Gasteiger partial charge on any atom is 0.337 e. The number of nitrogens with one attached hydrogen (secondary N) is 1. The lowest BCUT2D eigenvalue weighted by Crippen LogP contribution is -2.29. The van der Waals surface area contributed by atoms with Gasteiger partial charge in [0.2, 0.25) is 0 Å². The molecule has 0 spiro atoms. The molecule has 0 saturated heterocycles. The van der Waals surface area contributed by atoms with Crippen molar-refractivity contribution in [1.29, 1.82) is 5.26 Å². The zero-order valence-electron chi connectivity index (χ0n) is 15.9. The highest BCUT2D eigenvalue weighted by Crippen LogP contribution is 2.40. The average molecular weight is 398 g/mol. The van der Waals surface area contributed by atoms with Crippen LogP contribution in [0.2, 0.25) is 0 Å². The first kappa shape index (κ1) is 21.3. The van der Waals surface area contributed by atoms with Crippen molar-refractivity contribution in [3.05, 3.63) is 70.4 Å². The van der Waals surface area contributed by atoms with Gasteiger partial charge in [-0.2, -0.15) is 5.26 Å². The summed E-state index contributed by atoms with van der Waals surface area (Å²) in [5.74, 6) is -1.41. The van der Waals surface area contributed by atoms with E-state index in [1.165, 1.54) is 17.8 Å². The fraction of sp³-hybridized carbons (Fsp3) is 0.286. The zero-order chi connectivity index (χ0) is 20.5. The Kier molecular flexibility index (Phi) is 7.90. The van der Waals surface area contributed by atoms with Gasteiger partial charge < -0.3 is 14.8 Å². The van der Waals surface area contributed by atoms with Crippen molar-refractivity contribution in [2.45, 2.75) is 19.8 Å². The molecule has 1 N–H and O–H groups in total. The molecule has 1 unspecified atom stereocenters. The molecule has 0 radical (unpaired) electrons. The van der Waals surface area contributed by atoms with Gasteiger partial charge in [-0.05, 0) is 19.4 Å². The molecule has 0 saturated carbocycles. The van der Waals surface area contributed by atoms with E-state index in [-0.39, 0.29) is 18.3 Å². The fourth-order valence-corrected chi connectivity index (χ4v) is 3.71. The highest BCUT2D eigenvalue weighted by atomic mass is 32.2. The Bertz CT molecular complexity index is 853. The molecule has 0 bridgehead atoms. The summed E-state index contributed by atoms with van der Waals surface area (Å²) in [5, 5.41) is 13.5. The van der Waals surface area contributed by atoms with Crippen LogP contribution in [0.3, 0.4) is 0 Å². The third kappa shape index (κ3) is 5.05. The van der Waals surface area contributed by atoms with Crippen molar-refractivity contribution in [3.63, 3.8) is 0 Å². The highest BCUT2D eigenvalue weighted by molar-refractivity contribution is 8.03. The number of benzene rings is 1. The monoisotopic (exact) mass is 398 g/mol. The summed E-state index contributed by atoms with van der Waals surface area (Å²) in [4.78, 5) is 24.4. The summed E-state index contributed by atoms with van der Waals surface area (Å²) < 4.78 is 10.2. The van der Waals surface area contributed by atoms with Crippen LogP contribution in [0.25, 0.3) is 0 Å². The number of nitrogens with zero attached hydrogens (tertiary/aromatic N) is 1. The molecule has 1 aliphatic heterocycles. The van der Waals surface area contributed by atoms with Crippen molar-refractivity contribution < 1.29 is 19.1 Å². The molecule has 28 heavy (non-hydrogen) atoms. The van der Waals surface area contributed by atoms with E-state index in [1.807, 2.05) is 30.3 Å². The lowest BCUT2D eigenvalue weighted by atomic mass is 9.82. The van der Waals surface area contributed by atoms with Gasteiger partial charge in [-0.15, -0.1) is 0 Å². The Morgan fingerprint density at radius 2 is 2.04 bits per heavy atom. The first-order valence-electron chi connectivity index (χ1n) is 8.76. The highest BCUT2D eigenvalue weighted by Gasteiger charge is 2.35. The van der Waals surface area contributed by atoms with Crippen LogP contribution in [-0.2, 0) is 19.1 Å². The second-order valence-corrected chi connectivity index (χ2v) is 6.83. The van der Waals surface area contributed by atoms with Gasteiger partial charge in [-0.1, -0.05) is 54.7 Å². The number of rotatable bonds is 8. The van der Waals surface area contributed by atoms with Gasteiger partial charge in [0.15, 0.2) is 0 Å². The first-order valence-corrected chi connectivity index (χ1v) is 9.75. The number of esters is 2. The standard InChI is InChI=1S/C21H22N2O4S/c1-4-11-27-21(25)18-14(3)23-20(28-13-17(24)26-5-2)16(12-22)19(18)15-9-7-6-8-10-15/h4,6-10,19,23H,1,5,11,13H2,2-3H3. The molecular weight excluding hydrogens is 376 g/mol. The van der Waals surface area contributed by atoms with Crippen LogP contribution in [-0.4, -0.2) is 30.9 Å². The van der Waals surface area contributed by atoms with Crippen molar-refractivity contribution >= 4 is 23.7 Å². The molecular formula is C21H22N2O4S. The lowest BCUT2D eigenvalue weighted by molar-refractivity contribution is -0.140. The molecule has 1 atom stereocenters. The summed E-state index contributed by atoms with van der Waals surface area (Å²) in [6.45, 7) is 7.41. The third-order valence-corrected chi connectivity index (χ3v) is 4.96. The van der Waals surface area contributed by atoms with Gasteiger partial charge >= 0.3 is 11.9 Å². The van der Waals surface area contributed by atoms with Crippen LogP contribution in [0.5, 0.6) is 0 Å². The fourth-order valence-electron chi connectivity index (χ4n) is 2.82. The second-order valence-electron chi connectivity index (χ2n) is 5.84. The molecule has 2 rings (SSSR count). The van der Waals surface area contributed by atoms with E-state index in [0.29, 0.717) is 28.5 Å². The summed E-state index contributed by atoms with van der Waals surface area (Å²) in [6, 6.07) is 11.5. The number of ether oxygens (including phenoxy) is 2. The number of allylic oxidation sites excluding steroid dienone is 2. The largest absolute Gasteiger partial charge is 0.465 e. The third-order valence-electron chi connectivity index (χ3n) is 3.97. The Morgan fingerprint density at radius 1 is 1.32 bits per heavy atom. The topological polar surface area (TPSA) is 88.4 Å². The molecule has 7 heteroatoms. The van der Waals surface area contributed by atoms with E-state index in [2.05, 4.69) is 18.0 Å².